The molecule has 1 heterocycles. The van der Waals surface area contributed by atoms with Crippen molar-refractivity contribution < 1.29 is 4.74 Å². The number of ether oxygens (including phenoxy) is 1. The summed E-state index contributed by atoms with van der Waals surface area (Å²) in [6.07, 6.45) is 4.51. The average Bonchev–Trinajstić information content (AvgIpc) is 2.84. The Bertz CT molecular complexity index is 562. The monoisotopic (exact) mass is 275 g/mol. The molecular formula is C16H25N3O. The number of aryl methyl sites for hydroxylation is 1. The van der Waals surface area contributed by atoms with Crippen molar-refractivity contribution >= 4 is 11.0 Å². The number of nitrogens with two attached hydrogens (primary N) is 1. The molecule has 0 aliphatic heterocycles. The molecule has 0 saturated carbocycles. The molecule has 20 heavy (non-hydrogen) atoms. The zero-order valence-corrected chi connectivity index (χ0v) is 12.7. The van der Waals surface area contributed by atoms with Gasteiger partial charge in [0.1, 0.15) is 11.6 Å². The summed E-state index contributed by atoms with van der Waals surface area (Å²) in [6, 6.07) is 6.05. The van der Waals surface area contributed by atoms with Crippen molar-refractivity contribution in [3.63, 3.8) is 0 Å². The largest absolute Gasteiger partial charge is 0.497 e. The topological polar surface area (TPSA) is 53.1 Å². The van der Waals surface area contributed by atoms with Crippen LogP contribution in [0, 0.1) is 0 Å². The number of unbranched alkanes of at least 4 members (excludes halogenated alkanes) is 2. The fourth-order valence-electron chi connectivity index (χ4n) is 2.48. The Morgan fingerprint density at radius 2 is 2.10 bits per heavy atom. The zero-order valence-electron chi connectivity index (χ0n) is 12.7. The predicted octanol–water partition coefficient (Wildman–Crippen LogP) is 3.64. The standard InChI is InChI=1S/C16H25N3O/c1-4-6-7-10-19-15-9-8-12(20-3)11-14(15)18-16(19)13(17)5-2/h8-9,11,13H,4-7,10,17H2,1-3H3. The third-order valence-electron chi connectivity index (χ3n) is 3.74. The second-order valence-corrected chi connectivity index (χ2v) is 5.20. The van der Waals surface area contributed by atoms with E-state index in [0.717, 1.165) is 42.0 Å². The van der Waals surface area contributed by atoms with Crippen LogP contribution in [0.4, 0.5) is 0 Å². The molecule has 110 valence electrons. The molecule has 0 radical (unpaired) electrons. The Hall–Kier alpha value is -1.55. The summed E-state index contributed by atoms with van der Waals surface area (Å²) in [6.45, 7) is 5.30. The minimum atomic E-state index is -0.00461. The number of fused-ring (bicyclic) bond motifs is 1. The SMILES string of the molecule is CCCCCn1c(C(N)CC)nc2cc(OC)ccc21. The van der Waals surface area contributed by atoms with Gasteiger partial charge in [-0.3, -0.25) is 0 Å². The van der Waals surface area contributed by atoms with E-state index in [2.05, 4.69) is 24.5 Å². The molecule has 0 aliphatic carbocycles. The molecule has 4 nitrogen and oxygen atoms in total. The van der Waals surface area contributed by atoms with Gasteiger partial charge in [-0.2, -0.15) is 0 Å². The fraction of sp³-hybridized carbons (Fsp3) is 0.562. The summed E-state index contributed by atoms with van der Waals surface area (Å²) in [7, 11) is 1.68. The van der Waals surface area contributed by atoms with Gasteiger partial charge in [0.15, 0.2) is 0 Å². The maximum Gasteiger partial charge on any atom is 0.126 e. The summed E-state index contributed by atoms with van der Waals surface area (Å²) in [5.41, 5.74) is 8.34. The summed E-state index contributed by atoms with van der Waals surface area (Å²) in [5, 5.41) is 0. The van der Waals surface area contributed by atoms with E-state index in [9.17, 15) is 0 Å². The first-order chi connectivity index (χ1) is 9.71. The molecule has 1 atom stereocenters. The van der Waals surface area contributed by atoms with Gasteiger partial charge in [0.05, 0.1) is 24.2 Å². The van der Waals surface area contributed by atoms with Gasteiger partial charge in [-0.1, -0.05) is 26.7 Å². The number of nitrogens with zero attached hydrogens (tertiary/aromatic N) is 2. The smallest absolute Gasteiger partial charge is 0.126 e. The number of hydrogen-bond donors (Lipinski definition) is 1. The van der Waals surface area contributed by atoms with Crippen LogP contribution in [0.15, 0.2) is 18.2 Å². The summed E-state index contributed by atoms with van der Waals surface area (Å²) in [4.78, 5) is 4.73. The Kier molecular flexibility index (Phi) is 5.01. The first-order valence-electron chi connectivity index (χ1n) is 7.51. The molecular weight excluding hydrogens is 250 g/mol. The van der Waals surface area contributed by atoms with Crippen LogP contribution in [0.2, 0.25) is 0 Å². The first kappa shape index (κ1) is 14.9. The van der Waals surface area contributed by atoms with Crippen molar-refractivity contribution in [2.24, 2.45) is 5.73 Å². The van der Waals surface area contributed by atoms with Crippen molar-refractivity contribution in [3.05, 3.63) is 24.0 Å². The van der Waals surface area contributed by atoms with Gasteiger partial charge in [-0.05, 0) is 25.0 Å². The quantitative estimate of drug-likeness (QED) is 0.785. The highest BCUT2D eigenvalue weighted by molar-refractivity contribution is 5.78. The highest BCUT2D eigenvalue weighted by atomic mass is 16.5. The van der Waals surface area contributed by atoms with Crippen LogP contribution in [0.3, 0.4) is 0 Å². The maximum atomic E-state index is 6.22. The van der Waals surface area contributed by atoms with Gasteiger partial charge in [-0.25, -0.2) is 4.98 Å². The number of methoxy groups -OCH3 is 1. The van der Waals surface area contributed by atoms with Crippen LogP contribution in [0.5, 0.6) is 5.75 Å². The van der Waals surface area contributed by atoms with E-state index in [0.29, 0.717) is 0 Å². The molecule has 0 aliphatic rings. The molecule has 0 spiro atoms. The second kappa shape index (κ2) is 6.75. The van der Waals surface area contributed by atoms with Crippen LogP contribution in [-0.4, -0.2) is 16.7 Å². The van der Waals surface area contributed by atoms with Gasteiger partial charge < -0.3 is 15.0 Å². The Morgan fingerprint density at radius 3 is 2.75 bits per heavy atom. The first-order valence-corrected chi connectivity index (χ1v) is 7.51. The van der Waals surface area contributed by atoms with Crippen LogP contribution < -0.4 is 10.5 Å². The lowest BCUT2D eigenvalue weighted by atomic mass is 10.2. The van der Waals surface area contributed by atoms with Crippen molar-refractivity contribution in [1.82, 2.24) is 9.55 Å². The summed E-state index contributed by atoms with van der Waals surface area (Å²) < 4.78 is 7.55. The average molecular weight is 275 g/mol. The number of rotatable bonds is 7. The third kappa shape index (κ3) is 2.96. The Labute approximate surface area is 120 Å². The molecule has 1 aromatic heterocycles. The van der Waals surface area contributed by atoms with E-state index >= 15 is 0 Å². The minimum Gasteiger partial charge on any atom is -0.497 e. The molecule has 2 N–H and O–H groups in total. The van der Waals surface area contributed by atoms with E-state index < -0.39 is 0 Å². The lowest BCUT2D eigenvalue weighted by molar-refractivity contribution is 0.415. The molecule has 2 rings (SSSR count). The van der Waals surface area contributed by atoms with Crippen LogP contribution in [-0.2, 0) is 6.54 Å². The Balaban J connectivity index is 2.42. The second-order valence-electron chi connectivity index (χ2n) is 5.20. The van der Waals surface area contributed by atoms with E-state index in [4.69, 9.17) is 15.5 Å². The van der Waals surface area contributed by atoms with Gasteiger partial charge in [0, 0.05) is 12.6 Å². The molecule has 0 fully saturated rings. The number of hydrogen-bond acceptors (Lipinski definition) is 3. The Morgan fingerprint density at radius 1 is 1.30 bits per heavy atom. The maximum absolute atomic E-state index is 6.22. The highest BCUT2D eigenvalue weighted by Crippen LogP contribution is 2.25. The van der Waals surface area contributed by atoms with E-state index in [-0.39, 0.29) is 6.04 Å². The summed E-state index contributed by atoms with van der Waals surface area (Å²) >= 11 is 0. The van der Waals surface area contributed by atoms with Gasteiger partial charge >= 0.3 is 0 Å². The molecule has 4 heteroatoms. The van der Waals surface area contributed by atoms with Crippen LogP contribution >= 0.6 is 0 Å². The van der Waals surface area contributed by atoms with E-state index in [1.54, 1.807) is 7.11 Å². The molecule has 0 saturated heterocycles. The van der Waals surface area contributed by atoms with Crippen LogP contribution in [0.25, 0.3) is 11.0 Å². The zero-order chi connectivity index (χ0) is 14.5. The van der Waals surface area contributed by atoms with Gasteiger partial charge in [0.25, 0.3) is 0 Å². The van der Waals surface area contributed by atoms with Crippen molar-refractivity contribution in [3.8, 4) is 5.75 Å². The fourth-order valence-corrected chi connectivity index (χ4v) is 2.48. The normalized spacial score (nSPS) is 12.8. The number of benzene rings is 1. The molecule has 0 bridgehead atoms. The lowest BCUT2D eigenvalue weighted by Crippen LogP contribution is -2.16. The van der Waals surface area contributed by atoms with Gasteiger partial charge in [0.2, 0.25) is 0 Å². The van der Waals surface area contributed by atoms with E-state index in [1.165, 1.54) is 12.8 Å². The lowest BCUT2D eigenvalue weighted by Gasteiger charge is -2.13. The minimum absolute atomic E-state index is 0.00461. The van der Waals surface area contributed by atoms with Crippen molar-refractivity contribution in [2.45, 2.75) is 52.1 Å². The predicted molar refractivity (Wildman–Crippen MR) is 83.0 cm³/mol. The molecule has 0 amide bonds. The molecule has 1 unspecified atom stereocenters. The van der Waals surface area contributed by atoms with Gasteiger partial charge in [-0.15, -0.1) is 0 Å². The van der Waals surface area contributed by atoms with Crippen molar-refractivity contribution in [1.29, 1.82) is 0 Å². The third-order valence-corrected chi connectivity index (χ3v) is 3.74. The highest BCUT2D eigenvalue weighted by Gasteiger charge is 2.15. The van der Waals surface area contributed by atoms with Crippen molar-refractivity contribution in [2.75, 3.05) is 7.11 Å². The van der Waals surface area contributed by atoms with E-state index in [1.807, 2.05) is 12.1 Å². The molecule has 2 aromatic rings. The summed E-state index contributed by atoms with van der Waals surface area (Å²) in [5.74, 6) is 1.83. The number of aromatic nitrogens is 2. The number of imidazole rings is 1. The van der Waals surface area contributed by atoms with Crippen LogP contribution in [0.1, 0.15) is 51.4 Å². The molecule has 1 aromatic carbocycles.